The summed E-state index contributed by atoms with van der Waals surface area (Å²) in [5.74, 6) is 0.0800. The third-order valence-electron chi connectivity index (χ3n) is 3.50. The number of carbonyl (C=O) groups excluding carboxylic acids is 1. The Morgan fingerprint density at radius 1 is 1.26 bits per heavy atom. The van der Waals surface area contributed by atoms with E-state index in [1.54, 1.807) is 42.5 Å². The van der Waals surface area contributed by atoms with Crippen molar-refractivity contribution in [2.75, 3.05) is 11.9 Å². The number of hydrogen-bond acceptors (Lipinski definition) is 4. The maximum Gasteiger partial charge on any atom is 0.266 e. The van der Waals surface area contributed by atoms with Gasteiger partial charge in [-0.1, -0.05) is 34.1 Å². The van der Waals surface area contributed by atoms with E-state index in [-0.39, 0.29) is 12.2 Å². The number of rotatable bonds is 7. The minimum Gasteiger partial charge on any atom is -0.478 e. The summed E-state index contributed by atoms with van der Waals surface area (Å²) in [5, 5.41) is 20.7. The van der Waals surface area contributed by atoms with Crippen molar-refractivity contribution >= 4 is 33.6 Å². The molecule has 2 rings (SSSR count). The highest BCUT2D eigenvalue weighted by Gasteiger charge is 2.11. The van der Waals surface area contributed by atoms with Crippen LogP contribution in [-0.2, 0) is 11.2 Å². The van der Waals surface area contributed by atoms with Crippen molar-refractivity contribution < 1.29 is 9.53 Å². The first-order chi connectivity index (χ1) is 13.1. The quantitative estimate of drug-likeness (QED) is 0.401. The van der Waals surface area contributed by atoms with Gasteiger partial charge in [0, 0.05) is 10.2 Å². The molecule has 0 aliphatic carbocycles. The zero-order valence-corrected chi connectivity index (χ0v) is 16.0. The Bertz CT molecular complexity index is 968. The molecule has 2 aromatic rings. The lowest BCUT2D eigenvalue weighted by Gasteiger charge is -2.09. The molecule has 0 heterocycles. The summed E-state index contributed by atoms with van der Waals surface area (Å²) in [7, 11) is 0. The van der Waals surface area contributed by atoms with Crippen LogP contribution in [0.5, 0.6) is 5.75 Å². The van der Waals surface area contributed by atoms with Crippen LogP contribution in [0.15, 0.2) is 65.2 Å². The lowest BCUT2D eigenvalue weighted by molar-refractivity contribution is -0.112. The third-order valence-corrected chi connectivity index (χ3v) is 3.99. The number of allylic oxidation sites excluding steroid dienone is 1. The number of amides is 1. The average molecular weight is 422 g/mol. The summed E-state index contributed by atoms with van der Waals surface area (Å²) in [6, 6.07) is 16.2. The summed E-state index contributed by atoms with van der Waals surface area (Å²) >= 11 is 3.34. The number of carbonyl (C=O) groups is 1. The molecular weight excluding hydrogens is 406 g/mol. The van der Waals surface area contributed by atoms with Crippen LogP contribution in [0.25, 0.3) is 6.08 Å². The van der Waals surface area contributed by atoms with Crippen LogP contribution in [0, 0.1) is 22.7 Å². The van der Waals surface area contributed by atoms with Crippen molar-refractivity contribution in [2.24, 2.45) is 0 Å². The molecule has 0 unspecified atom stereocenters. The zero-order valence-electron chi connectivity index (χ0n) is 14.4. The maximum atomic E-state index is 12.4. The van der Waals surface area contributed by atoms with Crippen molar-refractivity contribution in [1.29, 1.82) is 10.5 Å². The fraction of sp³-hybridized carbons (Fsp3) is 0.0952. The highest BCUT2D eigenvalue weighted by molar-refractivity contribution is 9.10. The number of nitriles is 2. The molecule has 0 saturated heterocycles. The van der Waals surface area contributed by atoms with Crippen molar-refractivity contribution in [3.8, 4) is 17.9 Å². The van der Waals surface area contributed by atoms with Crippen LogP contribution in [0.3, 0.4) is 0 Å². The van der Waals surface area contributed by atoms with Crippen LogP contribution in [-0.4, -0.2) is 12.5 Å². The van der Waals surface area contributed by atoms with E-state index in [1.165, 1.54) is 6.08 Å². The predicted molar refractivity (Wildman–Crippen MR) is 108 cm³/mol. The molecule has 0 aliphatic rings. The van der Waals surface area contributed by atoms with E-state index in [0.29, 0.717) is 23.4 Å². The second-order valence-electron chi connectivity index (χ2n) is 5.44. The van der Waals surface area contributed by atoms with E-state index < -0.39 is 5.91 Å². The average Bonchev–Trinajstić information content (AvgIpc) is 2.65. The molecule has 0 fully saturated rings. The lowest BCUT2D eigenvalue weighted by atomic mass is 10.0. The minimum absolute atomic E-state index is 0.0229. The summed E-state index contributed by atoms with van der Waals surface area (Å²) in [6.45, 7) is 3.65. The number of nitrogens with one attached hydrogen (secondary N) is 1. The van der Waals surface area contributed by atoms with Gasteiger partial charge in [0.15, 0.2) is 6.61 Å². The first kappa shape index (κ1) is 20.0. The van der Waals surface area contributed by atoms with Gasteiger partial charge in [-0.25, -0.2) is 0 Å². The molecule has 1 N–H and O–H groups in total. The first-order valence-corrected chi connectivity index (χ1v) is 8.79. The minimum atomic E-state index is -0.495. The van der Waals surface area contributed by atoms with Crippen LogP contribution >= 0.6 is 15.9 Å². The molecule has 0 bridgehead atoms. The maximum absolute atomic E-state index is 12.4. The number of ether oxygens (including phenoxy) is 1. The van der Waals surface area contributed by atoms with Crippen molar-refractivity contribution in [3.63, 3.8) is 0 Å². The number of benzene rings is 2. The van der Waals surface area contributed by atoms with E-state index in [0.717, 1.165) is 10.0 Å². The summed E-state index contributed by atoms with van der Waals surface area (Å²) in [5.41, 5.74) is 2.06. The predicted octanol–water partition coefficient (Wildman–Crippen LogP) is 4.63. The van der Waals surface area contributed by atoms with Crippen LogP contribution in [0.1, 0.15) is 11.1 Å². The normalized spacial score (nSPS) is 10.4. The van der Waals surface area contributed by atoms with Crippen LogP contribution < -0.4 is 10.1 Å². The van der Waals surface area contributed by atoms with E-state index >= 15 is 0 Å². The van der Waals surface area contributed by atoms with Gasteiger partial charge in [0.25, 0.3) is 5.91 Å². The highest BCUT2D eigenvalue weighted by Crippen LogP contribution is 2.23. The molecule has 0 aliphatic heterocycles. The second kappa shape index (κ2) is 9.96. The van der Waals surface area contributed by atoms with E-state index in [2.05, 4.69) is 27.8 Å². The molecule has 27 heavy (non-hydrogen) atoms. The van der Waals surface area contributed by atoms with Gasteiger partial charge in [-0.05, 0) is 54.0 Å². The molecule has 0 spiro atoms. The van der Waals surface area contributed by atoms with Gasteiger partial charge >= 0.3 is 0 Å². The van der Waals surface area contributed by atoms with Gasteiger partial charge in [0.05, 0.1) is 0 Å². The van der Waals surface area contributed by atoms with Gasteiger partial charge < -0.3 is 10.1 Å². The first-order valence-electron chi connectivity index (χ1n) is 7.99. The van der Waals surface area contributed by atoms with Gasteiger partial charge in [0.2, 0.25) is 0 Å². The zero-order chi connectivity index (χ0) is 19.6. The van der Waals surface area contributed by atoms with E-state index in [1.807, 2.05) is 18.2 Å². The van der Waals surface area contributed by atoms with Gasteiger partial charge in [-0.15, -0.1) is 6.58 Å². The molecule has 2 aromatic carbocycles. The molecule has 5 nitrogen and oxygen atoms in total. The van der Waals surface area contributed by atoms with Crippen molar-refractivity contribution in [3.05, 3.63) is 76.3 Å². The molecule has 0 radical (unpaired) electrons. The Morgan fingerprint density at radius 3 is 2.74 bits per heavy atom. The fourth-order valence-corrected chi connectivity index (χ4v) is 2.73. The molecule has 0 atom stereocenters. The van der Waals surface area contributed by atoms with Crippen molar-refractivity contribution in [2.45, 2.75) is 6.42 Å². The van der Waals surface area contributed by atoms with Gasteiger partial charge in [-0.3, -0.25) is 4.79 Å². The Morgan fingerprint density at radius 2 is 2.07 bits per heavy atom. The topological polar surface area (TPSA) is 85.9 Å². The van der Waals surface area contributed by atoms with Crippen LogP contribution in [0.4, 0.5) is 5.69 Å². The number of anilines is 1. The fourth-order valence-electron chi connectivity index (χ4n) is 2.33. The molecular formula is C21H16BrN3O2. The Balaban J connectivity index is 2.26. The molecule has 1 amide bonds. The number of halogens is 1. The van der Waals surface area contributed by atoms with Gasteiger partial charge in [-0.2, -0.15) is 10.5 Å². The smallest absolute Gasteiger partial charge is 0.266 e. The van der Waals surface area contributed by atoms with Crippen LogP contribution in [0.2, 0.25) is 0 Å². The number of nitrogens with zero attached hydrogens (tertiary/aromatic N) is 2. The lowest BCUT2D eigenvalue weighted by Crippen LogP contribution is -2.13. The standard InChI is InChI=1S/C21H16BrN3O2/c1-2-4-16-11-15(7-8-20(16)27-10-9-23)12-17(14-24)21(26)25-19-6-3-5-18(22)13-19/h2-3,5-8,11-13H,1,4,10H2,(H,25,26)/b17-12-. The van der Waals surface area contributed by atoms with E-state index in [4.69, 9.17) is 10.00 Å². The SMILES string of the molecule is C=CCc1cc(/C=C(/C#N)C(=O)Nc2cccc(Br)c2)ccc1OCC#N. The Hall–Kier alpha value is -3.35. The van der Waals surface area contributed by atoms with Gasteiger partial charge in [0.1, 0.15) is 23.5 Å². The Labute approximate surface area is 166 Å². The van der Waals surface area contributed by atoms with Crippen molar-refractivity contribution in [1.82, 2.24) is 0 Å². The van der Waals surface area contributed by atoms with E-state index in [9.17, 15) is 10.1 Å². The summed E-state index contributed by atoms with van der Waals surface area (Å²) < 4.78 is 6.21. The summed E-state index contributed by atoms with van der Waals surface area (Å²) in [4.78, 5) is 12.4. The largest absolute Gasteiger partial charge is 0.478 e. The molecule has 0 saturated carbocycles. The molecule has 134 valence electrons. The number of hydrogen-bond donors (Lipinski definition) is 1. The second-order valence-corrected chi connectivity index (χ2v) is 6.36. The molecule has 0 aromatic heterocycles. The third kappa shape index (κ3) is 5.85. The Kier molecular flexibility index (Phi) is 7.37. The molecule has 6 heteroatoms. The summed E-state index contributed by atoms with van der Waals surface area (Å²) in [6.07, 6.45) is 3.76. The monoisotopic (exact) mass is 421 g/mol. The highest BCUT2D eigenvalue weighted by atomic mass is 79.9.